The van der Waals surface area contributed by atoms with E-state index >= 15 is 0 Å². The Morgan fingerprint density at radius 1 is 1.17 bits per heavy atom. The van der Waals surface area contributed by atoms with Crippen LogP contribution >= 0.6 is 11.8 Å². The smallest absolute Gasteiger partial charge is 0.258 e. The van der Waals surface area contributed by atoms with E-state index in [1.54, 1.807) is 11.8 Å². The minimum absolute atomic E-state index is 0.0248. The first-order valence-corrected chi connectivity index (χ1v) is 9.90. The highest BCUT2D eigenvalue weighted by molar-refractivity contribution is 7.98. The zero-order chi connectivity index (χ0) is 17.6. The fourth-order valence-corrected chi connectivity index (χ4v) is 4.04. The van der Waals surface area contributed by atoms with E-state index in [0.29, 0.717) is 12.3 Å². The lowest BCUT2D eigenvalue weighted by atomic mass is 10.2. The van der Waals surface area contributed by atoms with Crippen LogP contribution in [0.5, 0.6) is 0 Å². The van der Waals surface area contributed by atoms with E-state index in [1.807, 2.05) is 25.1 Å². The molecule has 0 saturated heterocycles. The molecule has 0 heterocycles. The molecule has 128 valence electrons. The second kappa shape index (κ2) is 8.27. The molecule has 0 atom stereocenters. The number of nitro benzene ring substituents is 1. The van der Waals surface area contributed by atoms with Crippen molar-refractivity contribution in [3.05, 3.63) is 69.8 Å². The Hall–Kier alpha value is -1.90. The highest BCUT2D eigenvalue weighted by Gasteiger charge is 2.15. The van der Waals surface area contributed by atoms with Crippen molar-refractivity contribution in [1.82, 2.24) is 4.72 Å². The summed E-state index contributed by atoms with van der Waals surface area (Å²) in [6, 6.07) is 13.0. The Kier molecular flexibility index (Phi) is 6.36. The molecule has 0 saturated carbocycles. The molecular weight excluding hydrogens is 348 g/mol. The van der Waals surface area contributed by atoms with Gasteiger partial charge in [0, 0.05) is 30.2 Å². The lowest BCUT2D eigenvalue weighted by Crippen LogP contribution is -2.26. The van der Waals surface area contributed by atoms with Gasteiger partial charge in [-0.25, -0.2) is 13.1 Å². The van der Waals surface area contributed by atoms with Gasteiger partial charge in [-0.3, -0.25) is 10.1 Å². The van der Waals surface area contributed by atoms with E-state index in [-0.39, 0.29) is 10.6 Å². The summed E-state index contributed by atoms with van der Waals surface area (Å²) in [6.07, 6.45) is 0. The van der Waals surface area contributed by atoms with Gasteiger partial charge in [0.1, 0.15) is 0 Å². The molecule has 2 aromatic carbocycles. The Balaban J connectivity index is 1.81. The average Bonchev–Trinajstić information content (AvgIpc) is 2.54. The Morgan fingerprint density at radius 3 is 2.50 bits per heavy atom. The number of aryl methyl sites for hydroxylation is 1. The van der Waals surface area contributed by atoms with Crippen LogP contribution in [0.3, 0.4) is 0 Å². The lowest BCUT2D eigenvalue weighted by Gasteiger charge is -2.07. The van der Waals surface area contributed by atoms with Crippen molar-refractivity contribution in [1.29, 1.82) is 0 Å². The van der Waals surface area contributed by atoms with Crippen molar-refractivity contribution in [3.63, 3.8) is 0 Å². The first kappa shape index (κ1) is 18.4. The lowest BCUT2D eigenvalue weighted by molar-refractivity contribution is -0.384. The third-order valence-electron chi connectivity index (χ3n) is 3.25. The molecular formula is C16H18N2O4S2. The number of benzene rings is 2. The third-order valence-corrected chi connectivity index (χ3v) is 5.75. The second-order valence-corrected chi connectivity index (χ2v) is 8.06. The van der Waals surface area contributed by atoms with Crippen LogP contribution in [0, 0.1) is 17.0 Å². The summed E-state index contributed by atoms with van der Waals surface area (Å²) < 4.78 is 26.7. The normalized spacial score (nSPS) is 11.4. The van der Waals surface area contributed by atoms with Gasteiger partial charge in [-0.1, -0.05) is 29.8 Å². The number of hydrogen-bond acceptors (Lipinski definition) is 5. The van der Waals surface area contributed by atoms with E-state index in [4.69, 9.17) is 0 Å². The number of nitrogens with zero attached hydrogens (tertiary/aromatic N) is 1. The molecule has 2 rings (SSSR count). The van der Waals surface area contributed by atoms with Gasteiger partial charge in [0.25, 0.3) is 5.69 Å². The molecule has 1 N–H and O–H groups in total. The molecule has 0 bridgehead atoms. The number of hydrogen-bond donors (Lipinski definition) is 1. The monoisotopic (exact) mass is 366 g/mol. The van der Waals surface area contributed by atoms with E-state index in [9.17, 15) is 18.5 Å². The third kappa shape index (κ3) is 5.33. The minimum atomic E-state index is -3.64. The van der Waals surface area contributed by atoms with Crippen LogP contribution in [0.25, 0.3) is 0 Å². The summed E-state index contributed by atoms with van der Waals surface area (Å²) in [7, 11) is -3.64. The quantitative estimate of drug-likeness (QED) is 0.440. The number of nitrogens with one attached hydrogen (secondary N) is 1. The summed E-state index contributed by atoms with van der Waals surface area (Å²) in [4.78, 5) is 10.0. The van der Waals surface area contributed by atoms with E-state index in [2.05, 4.69) is 10.8 Å². The van der Waals surface area contributed by atoms with Crippen molar-refractivity contribution >= 4 is 27.5 Å². The molecule has 2 aromatic rings. The van der Waals surface area contributed by atoms with Crippen molar-refractivity contribution < 1.29 is 13.3 Å². The molecule has 0 fully saturated rings. The number of rotatable bonds is 8. The van der Waals surface area contributed by atoms with E-state index < -0.39 is 14.9 Å². The van der Waals surface area contributed by atoms with Crippen LogP contribution in [0.2, 0.25) is 0 Å². The summed E-state index contributed by atoms with van der Waals surface area (Å²) in [6.45, 7) is 2.34. The molecule has 0 aromatic heterocycles. The van der Waals surface area contributed by atoms with Gasteiger partial charge < -0.3 is 0 Å². The number of non-ortho nitro benzene ring substituents is 1. The second-order valence-electron chi connectivity index (χ2n) is 5.19. The summed E-state index contributed by atoms with van der Waals surface area (Å²) >= 11 is 1.64. The molecule has 0 aliphatic carbocycles. The van der Waals surface area contributed by atoms with Crippen LogP contribution in [-0.2, 0) is 15.8 Å². The molecule has 0 aliphatic rings. The fraction of sp³-hybridized carbons (Fsp3) is 0.250. The van der Waals surface area contributed by atoms with Crippen LogP contribution in [0.15, 0.2) is 53.4 Å². The van der Waals surface area contributed by atoms with Crippen molar-refractivity contribution in [2.45, 2.75) is 17.6 Å². The van der Waals surface area contributed by atoms with Crippen molar-refractivity contribution in [3.8, 4) is 0 Å². The maximum atomic E-state index is 12.1. The van der Waals surface area contributed by atoms with Gasteiger partial charge in [-0.15, -0.1) is 0 Å². The van der Waals surface area contributed by atoms with Crippen LogP contribution in [0.1, 0.15) is 11.1 Å². The van der Waals surface area contributed by atoms with Crippen molar-refractivity contribution in [2.75, 3.05) is 12.3 Å². The molecule has 0 radical (unpaired) electrons. The zero-order valence-electron chi connectivity index (χ0n) is 13.1. The predicted molar refractivity (Wildman–Crippen MR) is 95.6 cm³/mol. The average molecular weight is 366 g/mol. The van der Waals surface area contributed by atoms with Crippen molar-refractivity contribution in [2.24, 2.45) is 0 Å². The zero-order valence-corrected chi connectivity index (χ0v) is 14.8. The molecule has 8 heteroatoms. The summed E-state index contributed by atoms with van der Waals surface area (Å²) in [5, 5.41) is 10.6. The molecule has 0 amide bonds. The molecule has 0 aliphatic heterocycles. The maximum absolute atomic E-state index is 12.1. The fourth-order valence-electron chi connectivity index (χ4n) is 2.07. The van der Waals surface area contributed by atoms with Crippen LogP contribution in [0.4, 0.5) is 5.69 Å². The van der Waals surface area contributed by atoms with Crippen LogP contribution < -0.4 is 4.72 Å². The molecule has 24 heavy (non-hydrogen) atoms. The van der Waals surface area contributed by atoms with Crippen LogP contribution in [-0.4, -0.2) is 25.6 Å². The number of thioether (sulfide) groups is 1. The van der Waals surface area contributed by atoms with E-state index in [0.717, 1.165) is 5.75 Å². The van der Waals surface area contributed by atoms with E-state index in [1.165, 1.54) is 35.4 Å². The first-order valence-electron chi connectivity index (χ1n) is 7.26. The molecule has 0 unspecified atom stereocenters. The van der Waals surface area contributed by atoms with Gasteiger partial charge in [-0.2, -0.15) is 11.8 Å². The van der Waals surface area contributed by atoms with Gasteiger partial charge in [-0.05, 0) is 24.6 Å². The SMILES string of the molecule is Cc1cccc(CSCCNS(=O)(=O)c2ccc([N+](=O)[O-])cc2)c1. The Labute approximate surface area is 145 Å². The minimum Gasteiger partial charge on any atom is -0.258 e. The number of sulfonamides is 1. The highest BCUT2D eigenvalue weighted by atomic mass is 32.2. The largest absolute Gasteiger partial charge is 0.269 e. The first-order chi connectivity index (χ1) is 11.4. The predicted octanol–water partition coefficient (Wildman–Crippen LogP) is 3.11. The molecule has 6 nitrogen and oxygen atoms in total. The van der Waals surface area contributed by atoms with Gasteiger partial charge >= 0.3 is 0 Å². The summed E-state index contributed by atoms with van der Waals surface area (Å²) in [5.74, 6) is 1.46. The summed E-state index contributed by atoms with van der Waals surface area (Å²) in [5.41, 5.74) is 2.27. The standard InChI is InChI=1S/C16H18N2O4S2/c1-13-3-2-4-14(11-13)12-23-10-9-17-24(21,22)16-7-5-15(6-8-16)18(19)20/h2-8,11,17H,9-10,12H2,1H3. The van der Waals surface area contributed by atoms with Gasteiger partial charge in [0.05, 0.1) is 9.82 Å². The Bertz CT molecular complexity index is 805. The number of nitro groups is 1. The maximum Gasteiger partial charge on any atom is 0.269 e. The topological polar surface area (TPSA) is 89.3 Å². The highest BCUT2D eigenvalue weighted by Crippen LogP contribution is 2.16. The van der Waals surface area contributed by atoms with Gasteiger partial charge in [0.15, 0.2) is 0 Å². The molecule has 0 spiro atoms. The Morgan fingerprint density at radius 2 is 1.88 bits per heavy atom. The van der Waals surface area contributed by atoms with Gasteiger partial charge in [0.2, 0.25) is 10.0 Å².